The van der Waals surface area contributed by atoms with Crippen molar-refractivity contribution in [1.82, 2.24) is 0 Å². The maximum atomic E-state index is 12.8. The molecule has 3 heteroatoms. The van der Waals surface area contributed by atoms with E-state index in [0.29, 0.717) is 30.8 Å². The fourth-order valence-corrected chi connectivity index (χ4v) is 2.76. The van der Waals surface area contributed by atoms with Crippen LogP contribution >= 0.6 is 0 Å². The molecule has 0 saturated carbocycles. The van der Waals surface area contributed by atoms with Crippen molar-refractivity contribution in [2.24, 2.45) is 0 Å². The molecule has 0 radical (unpaired) electrons. The van der Waals surface area contributed by atoms with Crippen molar-refractivity contribution in [2.45, 2.75) is 19.1 Å². The lowest BCUT2D eigenvalue weighted by Gasteiger charge is -2.28. The summed E-state index contributed by atoms with van der Waals surface area (Å²) in [6, 6.07) is 16.8. The SMILES string of the molecule is CCC1(c2ccccc2C(=O)c2ccccc2)OCCO1. The van der Waals surface area contributed by atoms with E-state index in [-0.39, 0.29) is 5.78 Å². The third-order valence-electron chi connectivity index (χ3n) is 3.84. The van der Waals surface area contributed by atoms with Crippen LogP contribution in [-0.4, -0.2) is 19.0 Å². The zero-order valence-corrected chi connectivity index (χ0v) is 12.0. The quantitative estimate of drug-likeness (QED) is 0.805. The van der Waals surface area contributed by atoms with Gasteiger partial charge in [-0.1, -0.05) is 61.5 Å². The van der Waals surface area contributed by atoms with Gasteiger partial charge in [0.25, 0.3) is 0 Å². The first-order valence-corrected chi connectivity index (χ1v) is 7.24. The van der Waals surface area contributed by atoms with Gasteiger partial charge in [0.2, 0.25) is 0 Å². The van der Waals surface area contributed by atoms with Gasteiger partial charge in [-0.15, -0.1) is 0 Å². The fraction of sp³-hybridized carbons (Fsp3) is 0.278. The van der Waals surface area contributed by atoms with Gasteiger partial charge in [-0.25, -0.2) is 0 Å². The Balaban J connectivity index is 2.06. The van der Waals surface area contributed by atoms with E-state index < -0.39 is 5.79 Å². The van der Waals surface area contributed by atoms with Crippen LogP contribution in [0.5, 0.6) is 0 Å². The Morgan fingerprint density at radius 2 is 1.62 bits per heavy atom. The Hall–Kier alpha value is -1.97. The lowest BCUT2D eigenvalue weighted by Crippen LogP contribution is -2.28. The smallest absolute Gasteiger partial charge is 0.195 e. The molecule has 2 aromatic carbocycles. The van der Waals surface area contributed by atoms with Gasteiger partial charge in [-0.3, -0.25) is 4.79 Å². The van der Waals surface area contributed by atoms with Crippen molar-refractivity contribution < 1.29 is 14.3 Å². The molecule has 0 aliphatic carbocycles. The summed E-state index contributed by atoms with van der Waals surface area (Å²) >= 11 is 0. The van der Waals surface area contributed by atoms with Gasteiger partial charge in [0.05, 0.1) is 13.2 Å². The van der Waals surface area contributed by atoms with Gasteiger partial charge < -0.3 is 9.47 Å². The monoisotopic (exact) mass is 282 g/mol. The van der Waals surface area contributed by atoms with Gasteiger partial charge in [-0.05, 0) is 0 Å². The first kappa shape index (κ1) is 14.0. The maximum Gasteiger partial charge on any atom is 0.195 e. The lowest BCUT2D eigenvalue weighted by molar-refractivity contribution is -0.167. The Bertz CT molecular complexity index is 628. The second kappa shape index (κ2) is 5.80. The molecular formula is C18H18O3. The van der Waals surface area contributed by atoms with E-state index in [2.05, 4.69) is 0 Å². The predicted molar refractivity (Wildman–Crippen MR) is 80.2 cm³/mol. The molecule has 3 rings (SSSR count). The molecule has 1 aliphatic heterocycles. The highest BCUT2D eigenvalue weighted by molar-refractivity contribution is 6.10. The minimum absolute atomic E-state index is 0.00174. The number of hydrogen-bond donors (Lipinski definition) is 0. The minimum Gasteiger partial charge on any atom is -0.343 e. The Kier molecular flexibility index (Phi) is 3.86. The summed E-state index contributed by atoms with van der Waals surface area (Å²) in [5.74, 6) is -0.792. The summed E-state index contributed by atoms with van der Waals surface area (Å²) in [4.78, 5) is 12.8. The topological polar surface area (TPSA) is 35.5 Å². The van der Waals surface area contributed by atoms with Crippen LogP contribution in [0.25, 0.3) is 0 Å². The number of ketones is 1. The van der Waals surface area contributed by atoms with Gasteiger partial charge in [-0.2, -0.15) is 0 Å². The van der Waals surface area contributed by atoms with Crippen LogP contribution in [0.2, 0.25) is 0 Å². The van der Waals surface area contributed by atoms with Crippen LogP contribution in [0.1, 0.15) is 34.8 Å². The highest BCUT2D eigenvalue weighted by atomic mass is 16.7. The van der Waals surface area contributed by atoms with Gasteiger partial charge >= 0.3 is 0 Å². The molecule has 3 nitrogen and oxygen atoms in total. The van der Waals surface area contributed by atoms with E-state index in [9.17, 15) is 4.79 Å². The van der Waals surface area contributed by atoms with Crippen molar-refractivity contribution in [3.63, 3.8) is 0 Å². The number of benzene rings is 2. The predicted octanol–water partition coefficient (Wildman–Crippen LogP) is 3.53. The molecule has 0 aromatic heterocycles. The Labute approximate surface area is 124 Å². The third-order valence-corrected chi connectivity index (χ3v) is 3.84. The molecule has 1 heterocycles. The number of hydrogen-bond acceptors (Lipinski definition) is 3. The summed E-state index contributed by atoms with van der Waals surface area (Å²) in [6.45, 7) is 3.12. The van der Waals surface area contributed by atoms with Crippen LogP contribution < -0.4 is 0 Å². The van der Waals surface area contributed by atoms with E-state index >= 15 is 0 Å². The highest BCUT2D eigenvalue weighted by Crippen LogP contribution is 2.37. The zero-order valence-electron chi connectivity index (χ0n) is 12.0. The standard InChI is InChI=1S/C18H18O3/c1-2-18(20-12-13-21-18)16-11-7-6-10-15(16)17(19)14-8-4-3-5-9-14/h3-11H,2,12-13H2,1H3. The van der Waals surface area contributed by atoms with Crippen LogP contribution in [0.4, 0.5) is 0 Å². The average molecular weight is 282 g/mol. The molecule has 2 aromatic rings. The largest absolute Gasteiger partial charge is 0.343 e. The van der Waals surface area contributed by atoms with E-state index in [1.54, 1.807) is 0 Å². The van der Waals surface area contributed by atoms with Crippen molar-refractivity contribution >= 4 is 5.78 Å². The van der Waals surface area contributed by atoms with Gasteiger partial charge in [0, 0.05) is 23.1 Å². The van der Waals surface area contributed by atoms with Gasteiger partial charge in [0.1, 0.15) is 0 Å². The number of rotatable bonds is 4. The van der Waals surface area contributed by atoms with Crippen LogP contribution in [0.3, 0.4) is 0 Å². The van der Waals surface area contributed by atoms with E-state index in [0.717, 1.165) is 5.56 Å². The fourth-order valence-electron chi connectivity index (χ4n) is 2.76. The highest BCUT2D eigenvalue weighted by Gasteiger charge is 2.39. The molecule has 1 fully saturated rings. The zero-order chi connectivity index (χ0) is 14.7. The molecule has 108 valence electrons. The van der Waals surface area contributed by atoms with E-state index in [1.165, 1.54) is 0 Å². The van der Waals surface area contributed by atoms with E-state index in [4.69, 9.17) is 9.47 Å². The average Bonchev–Trinajstić information content (AvgIpc) is 3.05. The first-order chi connectivity index (χ1) is 10.3. The van der Waals surface area contributed by atoms with Gasteiger partial charge in [0.15, 0.2) is 11.6 Å². The van der Waals surface area contributed by atoms with Crippen molar-refractivity contribution in [1.29, 1.82) is 0 Å². The summed E-state index contributed by atoms with van der Waals surface area (Å²) in [5, 5.41) is 0. The third kappa shape index (κ3) is 2.50. The van der Waals surface area contributed by atoms with Crippen LogP contribution in [-0.2, 0) is 15.3 Å². The number of carbonyl (C=O) groups excluding carboxylic acids is 1. The van der Waals surface area contributed by atoms with Crippen molar-refractivity contribution in [2.75, 3.05) is 13.2 Å². The summed E-state index contributed by atoms with van der Waals surface area (Å²) < 4.78 is 11.7. The Morgan fingerprint density at radius 1 is 1.00 bits per heavy atom. The second-order valence-corrected chi connectivity index (χ2v) is 5.04. The van der Waals surface area contributed by atoms with Crippen molar-refractivity contribution in [3.05, 3.63) is 71.3 Å². The van der Waals surface area contributed by atoms with Crippen LogP contribution in [0.15, 0.2) is 54.6 Å². The molecule has 21 heavy (non-hydrogen) atoms. The second-order valence-electron chi connectivity index (χ2n) is 5.04. The molecule has 1 aliphatic rings. The maximum absolute atomic E-state index is 12.8. The Morgan fingerprint density at radius 3 is 2.29 bits per heavy atom. The molecule has 0 bridgehead atoms. The normalized spacial score (nSPS) is 16.8. The number of ether oxygens (including phenoxy) is 2. The summed E-state index contributed by atoms with van der Waals surface area (Å²) in [5.41, 5.74) is 2.14. The summed E-state index contributed by atoms with van der Waals surface area (Å²) in [7, 11) is 0. The molecule has 0 N–H and O–H groups in total. The first-order valence-electron chi connectivity index (χ1n) is 7.24. The van der Waals surface area contributed by atoms with E-state index in [1.807, 2.05) is 61.5 Å². The molecule has 1 saturated heterocycles. The molecule has 0 amide bonds. The molecule has 0 unspecified atom stereocenters. The minimum atomic E-state index is -0.791. The summed E-state index contributed by atoms with van der Waals surface area (Å²) in [6.07, 6.45) is 0.673. The molecule has 0 atom stereocenters. The lowest BCUT2D eigenvalue weighted by atomic mass is 9.92. The molecular weight excluding hydrogens is 264 g/mol. The van der Waals surface area contributed by atoms with Crippen LogP contribution in [0, 0.1) is 0 Å². The van der Waals surface area contributed by atoms with Crippen molar-refractivity contribution in [3.8, 4) is 0 Å². The molecule has 0 spiro atoms. The number of carbonyl (C=O) groups is 1.